The summed E-state index contributed by atoms with van der Waals surface area (Å²) >= 11 is 0. The summed E-state index contributed by atoms with van der Waals surface area (Å²) < 4.78 is 17.6. The second-order valence-corrected chi connectivity index (χ2v) is 7.17. The normalized spacial score (nSPS) is 24.2. The number of ether oxygens (including phenoxy) is 2. The number of fused-ring (bicyclic) bond motifs is 1. The highest BCUT2D eigenvalue weighted by atomic mass is 35.5. The van der Waals surface area contributed by atoms with E-state index >= 15 is 0 Å². The smallest absolute Gasteiger partial charge is 0.265 e. The fraction of sp³-hybridized carbons (Fsp3) is 0.632. The predicted octanol–water partition coefficient (Wildman–Crippen LogP) is 3.31. The summed E-state index contributed by atoms with van der Waals surface area (Å²) in [5.41, 5.74) is 0.689. The van der Waals surface area contributed by atoms with Gasteiger partial charge in [-0.2, -0.15) is 0 Å². The number of rotatable bonds is 5. The van der Waals surface area contributed by atoms with E-state index in [1.165, 1.54) is 0 Å². The monoisotopic (exact) mass is 382 g/mol. The lowest BCUT2D eigenvalue weighted by Crippen LogP contribution is -2.30. The minimum atomic E-state index is -0.185. The fourth-order valence-electron chi connectivity index (χ4n) is 3.72. The van der Waals surface area contributed by atoms with Gasteiger partial charge >= 0.3 is 0 Å². The molecule has 4 rings (SSSR count). The third-order valence-corrected chi connectivity index (χ3v) is 5.28. The molecule has 7 heteroatoms. The van der Waals surface area contributed by atoms with Crippen LogP contribution in [0.4, 0.5) is 0 Å². The highest BCUT2D eigenvalue weighted by Gasteiger charge is 2.24. The Kier molecular flexibility index (Phi) is 6.62. The van der Waals surface area contributed by atoms with Gasteiger partial charge in [-0.15, -0.1) is 12.4 Å². The van der Waals surface area contributed by atoms with Gasteiger partial charge in [0.25, 0.3) is 5.88 Å². The lowest BCUT2D eigenvalue weighted by atomic mass is 9.95. The van der Waals surface area contributed by atoms with Crippen LogP contribution in [-0.2, 0) is 0 Å². The molecule has 1 saturated carbocycles. The van der Waals surface area contributed by atoms with Crippen molar-refractivity contribution in [2.75, 3.05) is 19.7 Å². The number of aliphatic hydroxyl groups excluding tert-OH is 1. The molecule has 2 aromatic rings. The van der Waals surface area contributed by atoms with E-state index < -0.39 is 0 Å². The number of piperidine rings is 1. The molecule has 2 fully saturated rings. The van der Waals surface area contributed by atoms with Crippen LogP contribution < -0.4 is 14.8 Å². The molecule has 1 aromatic carbocycles. The number of aliphatic hydroxyl groups is 1. The highest BCUT2D eigenvalue weighted by Crippen LogP contribution is 2.36. The molecule has 2 N–H and O–H groups in total. The van der Waals surface area contributed by atoms with Crippen LogP contribution in [0.5, 0.6) is 11.6 Å². The van der Waals surface area contributed by atoms with Crippen molar-refractivity contribution in [1.29, 1.82) is 0 Å². The van der Waals surface area contributed by atoms with Crippen molar-refractivity contribution < 1.29 is 19.1 Å². The van der Waals surface area contributed by atoms with Gasteiger partial charge in [0, 0.05) is 0 Å². The Morgan fingerprint density at radius 1 is 1.12 bits per heavy atom. The molecular formula is C19H27ClN2O4. The summed E-state index contributed by atoms with van der Waals surface area (Å²) in [6.45, 7) is 2.76. The molecule has 0 unspecified atom stereocenters. The standard InChI is InChI=1S/C19H26N2O4.ClH/c22-14-4-6-15(7-5-14)24-16-2-1-3-17-18(16)19(21-25-17)23-12-13-8-10-20-11-9-13;/h1-3,13-15,20,22H,4-12H2;1H/t14-,15-;. The summed E-state index contributed by atoms with van der Waals surface area (Å²) in [7, 11) is 0. The first-order valence-electron chi connectivity index (χ1n) is 9.36. The highest BCUT2D eigenvalue weighted by molar-refractivity contribution is 5.88. The molecule has 26 heavy (non-hydrogen) atoms. The van der Waals surface area contributed by atoms with Crippen LogP contribution in [0.25, 0.3) is 11.0 Å². The van der Waals surface area contributed by atoms with Gasteiger partial charge in [-0.05, 0) is 74.8 Å². The van der Waals surface area contributed by atoms with E-state index in [9.17, 15) is 5.11 Å². The van der Waals surface area contributed by atoms with Crippen molar-refractivity contribution in [2.45, 2.75) is 50.7 Å². The zero-order valence-corrected chi connectivity index (χ0v) is 15.7. The van der Waals surface area contributed by atoms with E-state index in [0.29, 0.717) is 24.0 Å². The molecule has 0 bridgehead atoms. The number of nitrogens with zero attached hydrogens (tertiary/aromatic N) is 1. The largest absolute Gasteiger partial charge is 0.489 e. The molecule has 2 heterocycles. The number of hydrogen-bond acceptors (Lipinski definition) is 6. The van der Waals surface area contributed by atoms with E-state index in [0.717, 1.165) is 62.8 Å². The van der Waals surface area contributed by atoms with Crippen molar-refractivity contribution in [2.24, 2.45) is 5.92 Å². The summed E-state index contributed by atoms with van der Waals surface area (Å²) in [5.74, 6) is 1.85. The average Bonchev–Trinajstić information content (AvgIpc) is 3.07. The second-order valence-electron chi connectivity index (χ2n) is 7.17. The Morgan fingerprint density at radius 3 is 2.65 bits per heavy atom. The van der Waals surface area contributed by atoms with E-state index in [4.69, 9.17) is 14.0 Å². The van der Waals surface area contributed by atoms with Crippen LogP contribution in [0.2, 0.25) is 0 Å². The zero-order valence-electron chi connectivity index (χ0n) is 14.9. The molecule has 2 aliphatic rings. The number of benzene rings is 1. The van der Waals surface area contributed by atoms with Crippen LogP contribution in [0.15, 0.2) is 22.7 Å². The average molecular weight is 383 g/mol. The molecule has 1 aromatic heterocycles. The molecule has 1 saturated heterocycles. The first-order valence-corrected chi connectivity index (χ1v) is 9.36. The van der Waals surface area contributed by atoms with E-state index in [2.05, 4.69) is 10.5 Å². The van der Waals surface area contributed by atoms with Crippen molar-refractivity contribution in [3.8, 4) is 11.6 Å². The van der Waals surface area contributed by atoms with Gasteiger partial charge in [0.05, 0.1) is 18.8 Å². The molecule has 1 aliphatic carbocycles. The Morgan fingerprint density at radius 2 is 1.88 bits per heavy atom. The van der Waals surface area contributed by atoms with Crippen LogP contribution in [-0.4, -0.2) is 42.2 Å². The Hall–Kier alpha value is -1.50. The van der Waals surface area contributed by atoms with Gasteiger partial charge in [0.2, 0.25) is 0 Å². The Bertz CT molecular complexity index is 694. The van der Waals surface area contributed by atoms with Crippen LogP contribution in [0.3, 0.4) is 0 Å². The lowest BCUT2D eigenvalue weighted by Gasteiger charge is -2.26. The SMILES string of the molecule is Cl.O[C@H]1CC[C@H](Oc2cccc3onc(OCC4CCNCC4)c23)CC1. The molecule has 1 aliphatic heterocycles. The maximum Gasteiger partial charge on any atom is 0.265 e. The topological polar surface area (TPSA) is 76.8 Å². The molecular weight excluding hydrogens is 356 g/mol. The zero-order chi connectivity index (χ0) is 17.1. The summed E-state index contributed by atoms with van der Waals surface area (Å²) in [6, 6.07) is 5.75. The van der Waals surface area contributed by atoms with Gasteiger partial charge in [-0.25, -0.2) is 0 Å². The van der Waals surface area contributed by atoms with E-state index in [1.807, 2.05) is 18.2 Å². The second kappa shape index (κ2) is 8.93. The van der Waals surface area contributed by atoms with Crippen molar-refractivity contribution in [3.63, 3.8) is 0 Å². The fourth-order valence-corrected chi connectivity index (χ4v) is 3.72. The van der Waals surface area contributed by atoms with Crippen LogP contribution >= 0.6 is 12.4 Å². The third-order valence-electron chi connectivity index (χ3n) is 5.28. The predicted molar refractivity (Wildman–Crippen MR) is 101 cm³/mol. The van der Waals surface area contributed by atoms with E-state index in [-0.39, 0.29) is 24.6 Å². The van der Waals surface area contributed by atoms with Crippen LogP contribution in [0, 0.1) is 5.92 Å². The van der Waals surface area contributed by atoms with Crippen molar-refractivity contribution in [3.05, 3.63) is 18.2 Å². The van der Waals surface area contributed by atoms with E-state index in [1.54, 1.807) is 0 Å². The van der Waals surface area contributed by atoms with Gasteiger partial charge in [0.15, 0.2) is 5.58 Å². The first-order chi connectivity index (χ1) is 12.3. The number of halogens is 1. The molecule has 144 valence electrons. The minimum Gasteiger partial charge on any atom is -0.489 e. The molecule has 6 nitrogen and oxygen atoms in total. The molecule has 0 spiro atoms. The van der Waals surface area contributed by atoms with Gasteiger partial charge in [0.1, 0.15) is 11.1 Å². The maximum absolute atomic E-state index is 9.66. The number of hydrogen-bond donors (Lipinski definition) is 2. The van der Waals surface area contributed by atoms with Crippen molar-refractivity contribution in [1.82, 2.24) is 10.5 Å². The quantitative estimate of drug-likeness (QED) is 0.826. The first kappa shape index (κ1) is 19.3. The van der Waals surface area contributed by atoms with Crippen LogP contribution in [0.1, 0.15) is 38.5 Å². The number of nitrogens with one attached hydrogen (secondary N) is 1. The third kappa shape index (κ3) is 4.42. The Labute approximate surface area is 159 Å². The molecule has 0 amide bonds. The maximum atomic E-state index is 9.66. The lowest BCUT2D eigenvalue weighted by molar-refractivity contribution is 0.0672. The van der Waals surface area contributed by atoms with Gasteiger partial charge < -0.3 is 24.4 Å². The minimum absolute atomic E-state index is 0. The summed E-state index contributed by atoms with van der Waals surface area (Å²) in [5, 5.41) is 18.0. The molecule has 0 radical (unpaired) electrons. The summed E-state index contributed by atoms with van der Waals surface area (Å²) in [6.07, 6.45) is 5.53. The summed E-state index contributed by atoms with van der Waals surface area (Å²) in [4.78, 5) is 0. The Balaban J connectivity index is 0.00000196. The van der Waals surface area contributed by atoms with Gasteiger partial charge in [-0.3, -0.25) is 0 Å². The number of aromatic nitrogens is 1. The van der Waals surface area contributed by atoms with Gasteiger partial charge in [-0.1, -0.05) is 6.07 Å². The molecule has 0 atom stereocenters. The van der Waals surface area contributed by atoms with Crippen molar-refractivity contribution >= 4 is 23.4 Å².